The minimum atomic E-state index is -1.28. The molecular formula is C51H42IrN2OSi-2. The summed E-state index contributed by atoms with van der Waals surface area (Å²) in [6.07, 6.45) is 3.91. The Balaban J connectivity index is 0.000000183. The van der Waals surface area contributed by atoms with E-state index in [1.165, 1.54) is 33.0 Å². The Morgan fingerprint density at radius 2 is 1.25 bits per heavy atom. The molecular weight excluding hydrogens is 877 g/mol. The van der Waals surface area contributed by atoms with Crippen LogP contribution in [-0.4, -0.2) is 18.0 Å². The van der Waals surface area contributed by atoms with Gasteiger partial charge in [0.15, 0.2) is 0 Å². The molecule has 3 aromatic heterocycles. The van der Waals surface area contributed by atoms with E-state index in [2.05, 4.69) is 188 Å². The van der Waals surface area contributed by atoms with Crippen molar-refractivity contribution < 1.29 is 24.5 Å². The van der Waals surface area contributed by atoms with Gasteiger partial charge in [0.25, 0.3) is 0 Å². The summed E-state index contributed by atoms with van der Waals surface area (Å²) in [7, 11) is -1.28. The first kappa shape index (κ1) is 38.6. The van der Waals surface area contributed by atoms with Gasteiger partial charge < -0.3 is 14.4 Å². The average molecular weight is 919 g/mol. The van der Waals surface area contributed by atoms with E-state index in [1.54, 1.807) is 0 Å². The van der Waals surface area contributed by atoms with Gasteiger partial charge in [-0.3, -0.25) is 0 Å². The van der Waals surface area contributed by atoms with Crippen LogP contribution in [-0.2, 0) is 20.1 Å². The zero-order valence-corrected chi connectivity index (χ0v) is 35.4. The maximum absolute atomic E-state index is 6.41. The third-order valence-corrected chi connectivity index (χ3v) is 12.2. The fourth-order valence-corrected chi connectivity index (χ4v) is 7.96. The Bertz CT molecular complexity index is 2670. The zero-order valence-electron chi connectivity index (χ0n) is 32.0. The van der Waals surface area contributed by atoms with Crippen molar-refractivity contribution >= 4 is 35.2 Å². The zero-order chi connectivity index (χ0) is 37.8. The van der Waals surface area contributed by atoms with E-state index in [4.69, 9.17) is 4.42 Å². The van der Waals surface area contributed by atoms with Crippen LogP contribution < -0.4 is 5.19 Å². The van der Waals surface area contributed by atoms with Gasteiger partial charge in [-0.2, -0.15) is 0 Å². The van der Waals surface area contributed by atoms with Crippen LogP contribution in [0.3, 0.4) is 0 Å². The summed E-state index contributed by atoms with van der Waals surface area (Å²) in [6.45, 7) is 9.24. The molecule has 1 unspecified atom stereocenters. The summed E-state index contributed by atoms with van der Waals surface area (Å²) in [4.78, 5) is 9.30. The molecule has 1 atom stereocenters. The Labute approximate surface area is 344 Å². The summed E-state index contributed by atoms with van der Waals surface area (Å²) in [5.41, 5.74) is 12.7. The largest absolute Gasteiger partial charge is 0.501 e. The molecule has 9 rings (SSSR count). The SMILES string of the molecule is CC(c1ccccc1)c1ccnc(-c2[c-]ccc3c2oc2cc(-c4ccccc4)ccc23)c1.C[Si](C)(C)c1ccc(-c2[c-]cc(-c3ccccc3)cc2)nc1.[Ir]. The standard InChI is InChI=1S/C31H22NO.C20H20NSi.Ir/c1-21(22-9-4-2-5-10-22)24-17-18-32-29(19-24)28-14-8-13-27-26-16-15-25(20-30(26)33-31(27)28)23-11-6-3-7-12-23;1-22(2,3)19-13-14-20(21-15-19)18-11-9-17(10-12-18)16-7-5-4-6-8-16;/h2-13,15-21H,1H3;4-11,13-15H,1-3H3;/q2*-1;. The first-order chi connectivity index (χ1) is 26.8. The third kappa shape index (κ3) is 8.41. The predicted octanol–water partition coefficient (Wildman–Crippen LogP) is 13.0. The van der Waals surface area contributed by atoms with Crippen LogP contribution in [0.2, 0.25) is 19.6 Å². The predicted molar refractivity (Wildman–Crippen MR) is 232 cm³/mol. The molecule has 0 aliphatic rings. The maximum Gasteiger partial charge on any atom is 0.121 e. The van der Waals surface area contributed by atoms with Crippen molar-refractivity contribution in [1.82, 2.24) is 9.97 Å². The van der Waals surface area contributed by atoms with Gasteiger partial charge in [0.05, 0.1) is 13.7 Å². The van der Waals surface area contributed by atoms with Crippen molar-refractivity contribution in [2.24, 2.45) is 0 Å². The van der Waals surface area contributed by atoms with Crippen molar-refractivity contribution in [2.75, 3.05) is 0 Å². The van der Waals surface area contributed by atoms with Gasteiger partial charge in [-0.25, -0.2) is 0 Å². The number of benzene rings is 6. The van der Waals surface area contributed by atoms with Crippen LogP contribution in [0.25, 0.3) is 66.7 Å². The van der Waals surface area contributed by atoms with Gasteiger partial charge in [0, 0.05) is 43.8 Å². The van der Waals surface area contributed by atoms with E-state index >= 15 is 0 Å². The fourth-order valence-electron chi connectivity index (χ4n) is 6.92. The van der Waals surface area contributed by atoms with Crippen molar-refractivity contribution in [2.45, 2.75) is 32.5 Å². The van der Waals surface area contributed by atoms with E-state index < -0.39 is 8.07 Å². The molecule has 0 saturated heterocycles. The van der Waals surface area contributed by atoms with Crippen molar-refractivity contribution in [3.05, 3.63) is 199 Å². The Morgan fingerprint density at radius 1 is 0.571 bits per heavy atom. The molecule has 1 radical (unpaired) electrons. The second-order valence-electron chi connectivity index (χ2n) is 14.9. The summed E-state index contributed by atoms with van der Waals surface area (Å²) in [5, 5.41) is 3.58. The second-order valence-corrected chi connectivity index (χ2v) is 20.0. The second kappa shape index (κ2) is 17.0. The van der Waals surface area contributed by atoms with Crippen molar-refractivity contribution in [3.63, 3.8) is 0 Å². The minimum Gasteiger partial charge on any atom is -0.501 e. The number of fused-ring (bicyclic) bond motifs is 3. The van der Waals surface area contributed by atoms with E-state index in [-0.39, 0.29) is 26.0 Å². The Hall–Kier alpha value is -5.71. The van der Waals surface area contributed by atoms with Crippen LogP contribution in [0.15, 0.2) is 181 Å². The van der Waals surface area contributed by atoms with Crippen molar-refractivity contribution in [3.8, 4) is 44.8 Å². The van der Waals surface area contributed by atoms with E-state index in [9.17, 15) is 0 Å². The Kier molecular flexibility index (Phi) is 11.7. The maximum atomic E-state index is 6.41. The average Bonchev–Trinajstić information content (AvgIpc) is 3.63. The molecule has 5 heteroatoms. The van der Waals surface area contributed by atoms with Gasteiger partial charge in [-0.05, 0) is 51.0 Å². The molecule has 0 bridgehead atoms. The third-order valence-electron chi connectivity index (χ3n) is 10.2. The molecule has 0 fully saturated rings. The first-order valence-electron chi connectivity index (χ1n) is 18.8. The number of aromatic nitrogens is 2. The molecule has 6 aromatic carbocycles. The van der Waals surface area contributed by atoms with Gasteiger partial charge in [0.2, 0.25) is 0 Å². The molecule has 0 aliphatic heterocycles. The quantitative estimate of drug-likeness (QED) is 0.118. The van der Waals surface area contributed by atoms with E-state index in [1.807, 2.05) is 36.7 Å². The smallest absolute Gasteiger partial charge is 0.121 e. The van der Waals surface area contributed by atoms with Crippen LogP contribution in [0.5, 0.6) is 0 Å². The van der Waals surface area contributed by atoms with Gasteiger partial charge in [0.1, 0.15) is 5.58 Å². The molecule has 0 spiro atoms. The minimum absolute atomic E-state index is 0. The van der Waals surface area contributed by atoms with Gasteiger partial charge >= 0.3 is 0 Å². The van der Waals surface area contributed by atoms with Crippen molar-refractivity contribution in [1.29, 1.82) is 0 Å². The first-order valence-corrected chi connectivity index (χ1v) is 22.3. The van der Waals surface area contributed by atoms with E-state index in [0.29, 0.717) is 0 Å². The Morgan fingerprint density at radius 3 is 1.89 bits per heavy atom. The molecule has 56 heavy (non-hydrogen) atoms. The molecule has 3 heterocycles. The molecule has 0 aliphatic carbocycles. The summed E-state index contributed by atoms with van der Waals surface area (Å²) >= 11 is 0. The number of rotatable bonds is 7. The number of hydrogen-bond acceptors (Lipinski definition) is 3. The van der Waals surface area contributed by atoms with Crippen LogP contribution in [0.1, 0.15) is 24.0 Å². The molecule has 0 saturated carbocycles. The van der Waals surface area contributed by atoms with Crippen LogP contribution >= 0.6 is 0 Å². The summed E-state index contributed by atoms with van der Waals surface area (Å²) < 4.78 is 6.41. The molecule has 3 nitrogen and oxygen atoms in total. The summed E-state index contributed by atoms with van der Waals surface area (Å²) in [5.74, 6) is 0.274. The number of hydrogen-bond donors (Lipinski definition) is 0. The van der Waals surface area contributed by atoms with Crippen LogP contribution in [0.4, 0.5) is 0 Å². The topological polar surface area (TPSA) is 38.9 Å². The monoisotopic (exact) mass is 919 g/mol. The number of nitrogens with zero attached hydrogens (tertiary/aromatic N) is 2. The number of pyridine rings is 2. The molecule has 0 N–H and O–H groups in total. The van der Waals surface area contributed by atoms with E-state index in [0.717, 1.165) is 50.0 Å². The van der Waals surface area contributed by atoms with Gasteiger partial charge in [-0.15, -0.1) is 48.0 Å². The fraction of sp³-hybridized carbons (Fsp3) is 0.0980. The van der Waals surface area contributed by atoms with Gasteiger partial charge in [-0.1, -0.05) is 170 Å². The summed E-state index contributed by atoms with van der Waals surface area (Å²) in [6, 6.07) is 63.4. The number of furan rings is 1. The molecule has 0 amide bonds. The molecule has 9 aromatic rings. The van der Waals surface area contributed by atoms with Crippen LogP contribution in [0, 0.1) is 12.1 Å². The molecule has 277 valence electrons. The normalized spacial score (nSPS) is 11.7.